The van der Waals surface area contributed by atoms with Crippen LogP contribution in [0.3, 0.4) is 0 Å². The van der Waals surface area contributed by atoms with Gasteiger partial charge in [-0.05, 0) is 42.0 Å². The number of piperazine rings is 1. The summed E-state index contributed by atoms with van der Waals surface area (Å²) >= 11 is 1.79. The lowest BCUT2D eigenvalue weighted by Crippen LogP contribution is -2.54. The van der Waals surface area contributed by atoms with Crippen LogP contribution in [0.4, 0.5) is 9.18 Å². The molecule has 1 N–H and O–H groups in total. The predicted molar refractivity (Wildman–Crippen MR) is 121 cm³/mol. The number of amides is 2. The molecule has 4 rings (SSSR count). The molecule has 2 fully saturated rings. The molecule has 0 atom stereocenters. The van der Waals surface area contributed by atoms with Crippen LogP contribution < -0.4 is 10.1 Å². The van der Waals surface area contributed by atoms with Crippen LogP contribution in [0.2, 0.25) is 0 Å². The molecule has 2 aliphatic rings. The Morgan fingerprint density at radius 1 is 1.10 bits per heavy atom. The summed E-state index contributed by atoms with van der Waals surface area (Å²) in [5.74, 6) is -0.0461. The Labute approximate surface area is 187 Å². The van der Waals surface area contributed by atoms with Gasteiger partial charge in [-0.15, -0.1) is 11.3 Å². The number of rotatable bonds is 6. The third kappa shape index (κ3) is 5.96. The van der Waals surface area contributed by atoms with Gasteiger partial charge in [0.2, 0.25) is 0 Å². The van der Waals surface area contributed by atoms with E-state index in [-0.39, 0.29) is 23.6 Å². The molecule has 1 aromatic carbocycles. The number of thiophene rings is 1. The first-order chi connectivity index (χ1) is 15.1. The molecule has 0 saturated carbocycles. The van der Waals surface area contributed by atoms with Crippen LogP contribution in [-0.4, -0.2) is 73.2 Å². The van der Waals surface area contributed by atoms with E-state index in [0.29, 0.717) is 6.54 Å². The fraction of sp³-hybridized carbons (Fsp3) is 0.522. The number of likely N-dealkylation sites (tertiary alicyclic amines) is 1. The molecule has 0 unspecified atom stereocenters. The zero-order valence-electron chi connectivity index (χ0n) is 18.1. The van der Waals surface area contributed by atoms with Gasteiger partial charge in [0.05, 0.1) is 7.11 Å². The second kappa shape index (κ2) is 10.4. The molecule has 1 aromatic heterocycles. The predicted octanol–water partition coefficient (Wildman–Crippen LogP) is 3.39. The van der Waals surface area contributed by atoms with Crippen molar-refractivity contribution >= 4 is 17.4 Å². The Morgan fingerprint density at radius 2 is 1.84 bits per heavy atom. The van der Waals surface area contributed by atoms with Gasteiger partial charge in [0.25, 0.3) is 0 Å². The zero-order chi connectivity index (χ0) is 21.6. The van der Waals surface area contributed by atoms with Crippen molar-refractivity contribution in [1.29, 1.82) is 0 Å². The average molecular weight is 447 g/mol. The molecule has 168 valence electrons. The fourth-order valence-corrected chi connectivity index (χ4v) is 5.05. The summed E-state index contributed by atoms with van der Waals surface area (Å²) in [6.07, 6.45) is 1.84. The monoisotopic (exact) mass is 446 g/mol. The molecule has 2 aromatic rings. The highest BCUT2D eigenvalue weighted by molar-refractivity contribution is 7.09. The summed E-state index contributed by atoms with van der Waals surface area (Å²) in [7, 11) is 1.47. The first-order valence-electron chi connectivity index (χ1n) is 11.0. The smallest absolute Gasteiger partial charge is 0.317 e. The summed E-state index contributed by atoms with van der Waals surface area (Å²) in [5, 5.41) is 5.34. The van der Waals surface area contributed by atoms with E-state index in [0.717, 1.165) is 64.2 Å². The van der Waals surface area contributed by atoms with Crippen molar-refractivity contribution in [2.45, 2.75) is 32.0 Å². The Morgan fingerprint density at radius 3 is 2.48 bits per heavy atom. The van der Waals surface area contributed by atoms with Crippen LogP contribution in [0.5, 0.6) is 5.75 Å². The number of ether oxygens (including phenoxy) is 1. The molecule has 0 bridgehead atoms. The molecule has 31 heavy (non-hydrogen) atoms. The lowest BCUT2D eigenvalue weighted by Gasteiger charge is -2.37. The van der Waals surface area contributed by atoms with E-state index < -0.39 is 0 Å². The number of hydrogen-bond donors (Lipinski definition) is 1. The van der Waals surface area contributed by atoms with Crippen molar-refractivity contribution in [2.24, 2.45) is 0 Å². The SMILES string of the molecule is COc1ccc(CN2CCC(NC(=O)N3CCN(Cc4cccs4)CC3)CC2)cc1F. The number of piperidine rings is 1. The van der Waals surface area contributed by atoms with Crippen molar-refractivity contribution in [1.82, 2.24) is 20.0 Å². The van der Waals surface area contributed by atoms with Gasteiger partial charge in [0, 0.05) is 63.3 Å². The Hall–Kier alpha value is -2.16. The van der Waals surface area contributed by atoms with Gasteiger partial charge < -0.3 is 15.0 Å². The molecule has 0 spiro atoms. The van der Waals surface area contributed by atoms with Crippen LogP contribution in [-0.2, 0) is 13.1 Å². The number of benzene rings is 1. The molecule has 2 saturated heterocycles. The molecule has 2 amide bonds. The molecule has 6 nitrogen and oxygen atoms in total. The van der Waals surface area contributed by atoms with Crippen LogP contribution in [0.15, 0.2) is 35.7 Å². The lowest BCUT2D eigenvalue weighted by molar-refractivity contribution is 0.128. The van der Waals surface area contributed by atoms with E-state index in [2.05, 4.69) is 32.6 Å². The molecule has 3 heterocycles. The number of nitrogens with zero attached hydrogens (tertiary/aromatic N) is 3. The van der Waals surface area contributed by atoms with E-state index in [1.54, 1.807) is 23.5 Å². The highest BCUT2D eigenvalue weighted by atomic mass is 32.1. The minimum Gasteiger partial charge on any atom is -0.494 e. The highest BCUT2D eigenvalue weighted by Crippen LogP contribution is 2.20. The topological polar surface area (TPSA) is 48.1 Å². The van der Waals surface area contributed by atoms with E-state index in [4.69, 9.17) is 4.74 Å². The largest absolute Gasteiger partial charge is 0.494 e. The summed E-state index contributed by atoms with van der Waals surface area (Å²) in [6, 6.07) is 9.66. The Bertz CT molecular complexity index is 847. The Kier molecular flexibility index (Phi) is 7.42. The van der Waals surface area contributed by atoms with Gasteiger partial charge in [-0.3, -0.25) is 9.80 Å². The number of methoxy groups -OCH3 is 1. The third-order valence-corrected chi connectivity index (χ3v) is 7.02. The normalized spacial score (nSPS) is 18.8. The van der Waals surface area contributed by atoms with Gasteiger partial charge in [0.15, 0.2) is 11.6 Å². The van der Waals surface area contributed by atoms with Crippen LogP contribution in [0, 0.1) is 5.82 Å². The quantitative estimate of drug-likeness (QED) is 0.739. The first kappa shape index (κ1) is 22.0. The van der Waals surface area contributed by atoms with Crippen molar-refractivity contribution < 1.29 is 13.9 Å². The highest BCUT2D eigenvalue weighted by Gasteiger charge is 2.25. The summed E-state index contributed by atoms with van der Waals surface area (Å²) < 4.78 is 18.9. The van der Waals surface area contributed by atoms with Crippen LogP contribution in [0.25, 0.3) is 0 Å². The maximum Gasteiger partial charge on any atom is 0.317 e. The molecular formula is C23H31FN4O2S. The van der Waals surface area contributed by atoms with Gasteiger partial charge in [-0.25, -0.2) is 9.18 Å². The van der Waals surface area contributed by atoms with Crippen LogP contribution in [0.1, 0.15) is 23.3 Å². The first-order valence-corrected chi connectivity index (χ1v) is 11.8. The maximum absolute atomic E-state index is 13.9. The molecule has 8 heteroatoms. The van der Waals surface area contributed by atoms with E-state index in [1.165, 1.54) is 12.0 Å². The van der Waals surface area contributed by atoms with Crippen molar-refractivity contribution in [3.63, 3.8) is 0 Å². The summed E-state index contributed by atoms with van der Waals surface area (Å²) in [6.45, 7) is 6.88. The van der Waals surface area contributed by atoms with Crippen molar-refractivity contribution in [3.05, 3.63) is 52.0 Å². The number of nitrogens with one attached hydrogen (secondary N) is 1. The molecule has 0 radical (unpaired) electrons. The number of urea groups is 1. The van der Waals surface area contributed by atoms with E-state index in [1.807, 2.05) is 11.0 Å². The van der Waals surface area contributed by atoms with Gasteiger partial charge in [-0.2, -0.15) is 0 Å². The van der Waals surface area contributed by atoms with Gasteiger partial charge >= 0.3 is 6.03 Å². The second-order valence-electron chi connectivity index (χ2n) is 8.31. The fourth-order valence-electron chi connectivity index (χ4n) is 4.30. The van der Waals surface area contributed by atoms with E-state index in [9.17, 15) is 9.18 Å². The minimum atomic E-state index is -0.322. The summed E-state index contributed by atoms with van der Waals surface area (Å²) in [5.41, 5.74) is 0.946. The molecule has 2 aliphatic heterocycles. The van der Waals surface area contributed by atoms with Crippen molar-refractivity contribution in [2.75, 3.05) is 46.4 Å². The summed E-state index contributed by atoms with van der Waals surface area (Å²) in [4.78, 5) is 20.7. The van der Waals surface area contributed by atoms with E-state index >= 15 is 0 Å². The molecular weight excluding hydrogens is 415 g/mol. The number of carbonyl (C=O) groups excluding carboxylic acids is 1. The maximum atomic E-state index is 13.9. The number of carbonyl (C=O) groups is 1. The average Bonchev–Trinajstić information content (AvgIpc) is 3.29. The second-order valence-corrected chi connectivity index (χ2v) is 9.34. The van der Waals surface area contributed by atoms with Gasteiger partial charge in [-0.1, -0.05) is 12.1 Å². The van der Waals surface area contributed by atoms with Crippen LogP contribution >= 0.6 is 11.3 Å². The number of hydrogen-bond acceptors (Lipinski definition) is 5. The van der Waals surface area contributed by atoms with Crippen molar-refractivity contribution in [3.8, 4) is 5.75 Å². The Balaban J connectivity index is 1.17. The lowest BCUT2D eigenvalue weighted by atomic mass is 10.0. The standard InChI is InChI=1S/C23H31FN4O2S/c1-30-22-5-4-18(15-21(22)24)16-26-8-6-19(7-9-26)25-23(29)28-12-10-27(11-13-28)17-20-3-2-14-31-20/h2-5,14-15,19H,6-13,16-17H2,1H3,(H,25,29). The number of halogens is 1. The third-order valence-electron chi connectivity index (χ3n) is 6.16. The minimum absolute atomic E-state index is 0.0615. The zero-order valence-corrected chi connectivity index (χ0v) is 18.9. The van der Waals surface area contributed by atoms with Gasteiger partial charge in [0.1, 0.15) is 0 Å². The molecule has 0 aliphatic carbocycles.